The molecule has 2 atom stereocenters. The van der Waals surface area contributed by atoms with E-state index >= 15 is 0 Å². The molecule has 0 amide bonds. The fourth-order valence-electron chi connectivity index (χ4n) is 4.13. The fourth-order valence-corrected chi connectivity index (χ4v) is 4.13. The number of methoxy groups -OCH3 is 1. The highest BCUT2D eigenvalue weighted by Crippen LogP contribution is 2.32. The van der Waals surface area contributed by atoms with E-state index in [1.54, 1.807) is 7.11 Å². The quantitative estimate of drug-likeness (QED) is 0.620. The first-order valence-corrected chi connectivity index (χ1v) is 9.73. The van der Waals surface area contributed by atoms with Crippen LogP contribution >= 0.6 is 0 Å². The number of nitrogens with one attached hydrogen (secondary N) is 2. The Balaban J connectivity index is 1.32. The number of hydrogen-bond donors (Lipinski definition) is 2. The Kier molecular flexibility index (Phi) is 5.38. The van der Waals surface area contributed by atoms with E-state index in [9.17, 15) is 0 Å². The molecule has 7 nitrogen and oxygen atoms in total. The predicted molar refractivity (Wildman–Crippen MR) is 105 cm³/mol. The summed E-state index contributed by atoms with van der Waals surface area (Å²) in [5, 5.41) is 11.6. The zero-order valence-corrected chi connectivity index (χ0v) is 16.1. The Bertz CT molecular complexity index is 815. The summed E-state index contributed by atoms with van der Waals surface area (Å²) in [6.45, 7) is 2.18. The summed E-state index contributed by atoms with van der Waals surface area (Å²) in [5.41, 5.74) is 2.97. The minimum Gasteiger partial charge on any atom is -0.377 e. The Labute approximate surface area is 160 Å². The third-order valence-electron chi connectivity index (χ3n) is 5.51. The van der Waals surface area contributed by atoms with E-state index < -0.39 is 0 Å². The average molecular weight is 368 g/mol. The van der Waals surface area contributed by atoms with Gasteiger partial charge in [0.25, 0.3) is 0 Å². The van der Waals surface area contributed by atoms with Crippen LogP contribution in [0.1, 0.15) is 41.5 Å². The van der Waals surface area contributed by atoms with Gasteiger partial charge >= 0.3 is 0 Å². The smallest absolute Gasteiger partial charge is 0.191 e. The molecule has 27 heavy (non-hydrogen) atoms. The molecule has 0 bridgehead atoms. The zero-order valence-electron chi connectivity index (χ0n) is 16.1. The molecule has 0 radical (unpaired) electrons. The standard InChI is InChI=1S/C20H28N6O/c1-21-20(22-11-15-8-7-14-5-3-4-6-17(14)15)23-16-9-10-19-24-18(13-27-2)25-26(19)12-16/h3-6,15-16H,7-13H2,1-2H3,(H2,21,22,23). The Morgan fingerprint density at radius 3 is 3.04 bits per heavy atom. The molecule has 1 aliphatic carbocycles. The molecule has 2 aromatic rings. The first-order valence-electron chi connectivity index (χ1n) is 9.73. The molecule has 144 valence electrons. The molecule has 0 saturated heterocycles. The molecule has 2 unspecified atom stereocenters. The van der Waals surface area contributed by atoms with Crippen LogP contribution in [0.25, 0.3) is 0 Å². The van der Waals surface area contributed by atoms with Gasteiger partial charge in [0.2, 0.25) is 0 Å². The number of rotatable bonds is 5. The largest absolute Gasteiger partial charge is 0.377 e. The van der Waals surface area contributed by atoms with Crippen LogP contribution in [0.4, 0.5) is 0 Å². The molecular formula is C20H28N6O. The normalized spacial score (nSPS) is 21.6. The van der Waals surface area contributed by atoms with E-state index in [1.165, 1.54) is 24.0 Å². The number of benzene rings is 1. The second-order valence-corrected chi connectivity index (χ2v) is 7.33. The number of guanidine groups is 1. The van der Waals surface area contributed by atoms with Gasteiger partial charge in [0.1, 0.15) is 12.4 Å². The van der Waals surface area contributed by atoms with Crippen molar-refractivity contribution in [2.24, 2.45) is 4.99 Å². The number of hydrogen-bond acceptors (Lipinski definition) is 4. The van der Waals surface area contributed by atoms with Crippen LogP contribution in [0.3, 0.4) is 0 Å². The summed E-state index contributed by atoms with van der Waals surface area (Å²) in [6, 6.07) is 9.08. The van der Waals surface area contributed by atoms with Gasteiger partial charge in [-0.15, -0.1) is 0 Å². The lowest BCUT2D eigenvalue weighted by Crippen LogP contribution is -2.47. The predicted octanol–water partition coefficient (Wildman–Crippen LogP) is 1.63. The minimum absolute atomic E-state index is 0.302. The lowest BCUT2D eigenvalue weighted by Gasteiger charge is -2.26. The van der Waals surface area contributed by atoms with E-state index in [4.69, 9.17) is 4.74 Å². The summed E-state index contributed by atoms with van der Waals surface area (Å²) in [7, 11) is 3.50. The van der Waals surface area contributed by atoms with Crippen LogP contribution in [0.2, 0.25) is 0 Å². The molecule has 2 aliphatic rings. The van der Waals surface area contributed by atoms with Crippen LogP contribution < -0.4 is 10.6 Å². The summed E-state index contributed by atoms with van der Waals surface area (Å²) >= 11 is 0. The van der Waals surface area contributed by atoms with E-state index in [1.807, 2.05) is 11.7 Å². The van der Waals surface area contributed by atoms with Crippen LogP contribution in [-0.4, -0.2) is 47.5 Å². The third-order valence-corrected chi connectivity index (χ3v) is 5.51. The van der Waals surface area contributed by atoms with Gasteiger partial charge in [0.05, 0.1) is 6.54 Å². The number of ether oxygens (including phenoxy) is 1. The molecule has 0 spiro atoms. The molecule has 1 aliphatic heterocycles. The van der Waals surface area contributed by atoms with Crippen molar-refractivity contribution >= 4 is 5.96 Å². The van der Waals surface area contributed by atoms with Gasteiger partial charge in [-0.2, -0.15) is 5.10 Å². The SMILES string of the molecule is CN=C(NCC1CCc2ccccc21)NC1CCc2nc(COC)nn2C1. The van der Waals surface area contributed by atoms with Crippen LogP contribution in [0.5, 0.6) is 0 Å². The maximum Gasteiger partial charge on any atom is 0.191 e. The Morgan fingerprint density at radius 2 is 2.19 bits per heavy atom. The molecule has 0 saturated carbocycles. The molecule has 2 heterocycles. The van der Waals surface area contributed by atoms with Gasteiger partial charge in [0.15, 0.2) is 11.8 Å². The van der Waals surface area contributed by atoms with Gasteiger partial charge in [-0.1, -0.05) is 24.3 Å². The highest BCUT2D eigenvalue weighted by atomic mass is 16.5. The first kappa shape index (κ1) is 18.0. The molecule has 1 aromatic heterocycles. The summed E-state index contributed by atoms with van der Waals surface area (Å²) in [6.07, 6.45) is 4.33. The van der Waals surface area contributed by atoms with Gasteiger partial charge in [-0.25, -0.2) is 9.67 Å². The maximum absolute atomic E-state index is 5.14. The third kappa shape index (κ3) is 3.98. The van der Waals surface area contributed by atoms with E-state index in [2.05, 4.69) is 50.0 Å². The monoisotopic (exact) mass is 368 g/mol. The van der Waals surface area contributed by atoms with Crippen molar-refractivity contribution in [3.63, 3.8) is 0 Å². The highest BCUT2D eigenvalue weighted by Gasteiger charge is 2.24. The molecule has 0 fully saturated rings. The van der Waals surface area contributed by atoms with Crippen molar-refractivity contribution in [3.05, 3.63) is 47.0 Å². The van der Waals surface area contributed by atoms with Gasteiger partial charge in [-0.3, -0.25) is 4.99 Å². The summed E-state index contributed by atoms with van der Waals surface area (Å²) in [4.78, 5) is 8.96. The van der Waals surface area contributed by atoms with Crippen LogP contribution in [0.15, 0.2) is 29.3 Å². The molecule has 7 heteroatoms. The lowest BCUT2D eigenvalue weighted by atomic mass is 10.0. The Morgan fingerprint density at radius 1 is 1.30 bits per heavy atom. The second kappa shape index (κ2) is 8.08. The molecule has 4 rings (SSSR count). The van der Waals surface area contributed by atoms with Crippen molar-refractivity contribution in [1.29, 1.82) is 0 Å². The first-order chi connectivity index (χ1) is 13.3. The van der Waals surface area contributed by atoms with Gasteiger partial charge in [-0.05, 0) is 30.4 Å². The van der Waals surface area contributed by atoms with Crippen molar-refractivity contribution < 1.29 is 4.74 Å². The Hall–Kier alpha value is -2.41. The molecule has 1 aromatic carbocycles. The van der Waals surface area contributed by atoms with Crippen molar-refractivity contribution in [1.82, 2.24) is 25.4 Å². The lowest BCUT2D eigenvalue weighted by molar-refractivity contribution is 0.177. The fraction of sp³-hybridized carbons (Fsp3) is 0.550. The minimum atomic E-state index is 0.302. The van der Waals surface area contributed by atoms with Gasteiger partial charge in [0, 0.05) is 39.1 Å². The average Bonchev–Trinajstić information content (AvgIpc) is 3.28. The number of nitrogens with zero attached hydrogens (tertiary/aromatic N) is 4. The molecular weight excluding hydrogens is 340 g/mol. The maximum atomic E-state index is 5.14. The number of aryl methyl sites for hydroxylation is 2. The van der Waals surface area contributed by atoms with Crippen molar-refractivity contribution in [2.75, 3.05) is 20.7 Å². The summed E-state index contributed by atoms with van der Waals surface area (Å²) < 4.78 is 7.13. The van der Waals surface area contributed by atoms with Crippen molar-refractivity contribution in [2.45, 2.75) is 50.8 Å². The van der Waals surface area contributed by atoms with E-state index in [-0.39, 0.29) is 0 Å². The number of fused-ring (bicyclic) bond motifs is 2. The van der Waals surface area contributed by atoms with Crippen LogP contribution in [-0.2, 0) is 30.7 Å². The highest BCUT2D eigenvalue weighted by molar-refractivity contribution is 5.80. The van der Waals surface area contributed by atoms with E-state index in [0.717, 1.165) is 43.5 Å². The number of aromatic nitrogens is 3. The van der Waals surface area contributed by atoms with Crippen molar-refractivity contribution in [3.8, 4) is 0 Å². The summed E-state index contributed by atoms with van der Waals surface area (Å²) in [5.74, 6) is 3.23. The molecule has 2 N–H and O–H groups in total. The topological polar surface area (TPSA) is 76.4 Å². The van der Waals surface area contributed by atoms with E-state index in [0.29, 0.717) is 18.6 Å². The van der Waals surface area contributed by atoms with Crippen LogP contribution in [0, 0.1) is 0 Å². The van der Waals surface area contributed by atoms with Gasteiger partial charge < -0.3 is 15.4 Å². The number of aliphatic imine (C=N–C) groups is 1. The zero-order chi connectivity index (χ0) is 18.6. The second-order valence-electron chi connectivity index (χ2n) is 7.33.